The fraction of sp³-hybridized carbons (Fsp3) is 0.444. The molecule has 5 nitrogen and oxygen atoms in total. The Kier molecular flexibility index (Phi) is 5.42. The van der Waals surface area contributed by atoms with Crippen LogP contribution in [0.4, 0.5) is 0 Å². The average molecular weight is 315 g/mol. The highest BCUT2D eigenvalue weighted by atomic mass is 16.2. The lowest BCUT2D eigenvalue weighted by Gasteiger charge is -2.23. The van der Waals surface area contributed by atoms with Gasteiger partial charge >= 0.3 is 0 Å². The van der Waals surface area contributed by atoms with Crippen molar-refractivity contribution in [2.24, 2.45) is 5.92 Å². The number of aromatic nitrogens is 1. The van der Waals surface area contributed by atoms with Gasteiger partial charge in [0.25, 0.3) is 0 Å². The zero-order valence-electron chi connectivity index (χ0n) is 14.1. The number of aromatic amines is 1. The lowest BCUT2D eigenvalue weighted by atomic mass is 10.0. The molecule has 1 heterocycles. The summed E-state index contributed by atoms with van der Waals surface area (Å²) in [6.45, 7) is 7.25. The first-order valence-corrected chi connectivity index (χ1v) is 8.01. The van der Waals surface area contributed by atoms with E-state index < -0.39 is 6.04 Å². The Bertz CT molecular complexity index is 690. The van der Waals surface area contributed by atoms with Crippen molar-refractivity contribution in [3.63, 3.8) is 0 Å². The molecule has 0 aliphatic carbocycles. The molecule has 2 rings (SSSR count). The summed E-state index contributed by atoms with van der Waals surface area (Å²) in [6.07, 6.45) is 2.72. The zero-order chi connectivity index (χ0) is 17.0. The van der Waals surface area contributed by atoms with E-state index in [0.717, 1.165) is 11.9 Å². The molecule has 0 bridgehead atoms. The number of H-pyrrole nitrogens is 1. The van der Waals surface area contributed by atoms with Gasteiger partial charge in [-0.2, -0.15) is 0 Å². The molecule has 1 aromatic heterocycles. The van der Waals surface area contributed by atoms with Gasteiger partial charge in [0, 0.05) is 30.1 Å². The van der Waals surface area contributed by atoms with Crippen LogP contribution in [0.15, 0.2) is 30.5 Å². The molecule has 0 radical (unpaired) electrons. The van der Waals surface area contributed by atoms with E-state index in [1.807, 2.05) is 45.2 Å². The number of hydrogen-bond donors (Lipinski definition) is 3. The number of fused-ring (bicyclic) bond motifs is 1. The van der Waals surface area contributed by atoms with Gasteiger partial charge < -0.3 is 15.6 Å². The van der Waals surface area contributed by atoms with Gasteiger partial charge in [-0.3, -0.25) is 9.59 Å². The molecule has 23 heavy (non-hydrogen) atoms. The molecule has 0 aliphatic rings. The van der Waals surface area contributed by atoms with Crippen LogP contribution < -0.4 is 10.6 Å². The van der Waals surface area contributed by atoms with Crippen molar-refractivity contribution in [3.05, 3.63) is 36.0 Å². The summed E-state index contributed by atoms with van der Waals surface area (Å²) in [5.74, 6) is -0.287. The summed E-state index contributed by atoms with van der Waals surface area (Å²) in [4.78, 5) is 26.9. The first-order valence-electron chi connectivity index (χ1n) is 8.01. The third-order valence-corrected chi connectivity index (χ3v) is 3.90. The summed E-state index contributed by atoms with van der Waals surface area (Å²) in [7, 11) is 0. The minimum Gasteiger partial charge on any atom is -0.361 e. The molecule has 1 aromatic carbocycles. The highest BCUT2D eigenvalue weighted by Crippen LogP contribution is 2.19. The zero-order valence-corrected chi connectivity index (χ0v) is 14.1. The largest absolute Gasteiger partial charge is 0.361 e. The predicted octanol–water partition coefficient (Wildman–Crippen LogP) is 2.38. The normalized spacial score (nSPS) is 13.8. The lowest BCUT2D eigenvalue weighted by molar-refractivity contribution is -0.129. The molecule has 0 saturated heterocycles. The van der Waals surface area contributed by atoms with Crippen molar-refractivity contribution >= 4 is 22.7 Å². The number of benzene rings is 1. The summed E-state index contributed by atoms with van der Waals surface area (Å²) in [5.41, 5.74) is 2.27. The van der Waals surface area contributed by atoms with Gasteiger partial charge in [-0.25, -0.2) is 0 Å². The van der Waals surface area contributed by atoms with Crippen LogP contribution in [0, 0.1) is 5.92 Å². The van der Waals surface area contributed by atoms with E-state index in [0.29, 0.717) is 0 Å². The molecule has 5 heteroatoms. The van der Waals surface area contributed by atoms with Crippen LogP contribution in [0.3, 0.4) is 0 Å². The maximum absolute atomic E-state index is 12.4. The number of para-hydroxylation sites is 1. The van der Waals surface area contributed by atoms with Crippen LogP contribution in [0.2, 0.25) is 0 Å². The van der Waals surface area contributed by atoms with E-state index in [9.17, 15) is 9.59 Å². The fourth-order valence-electron chi connectivity index (χ4n) is 2.77. The summed E-state index contributed by atoms with van der Waals surface area (Å²) in [6, 6.07) is 7.59. The van der Waals surface area contributed by atoms with E-state index >= 15 is 0 Å². The maximum atomic E-state index is 12.4. The van der Waals surface area contributed by atoms with Crippen molar-refractivity contribution in [2.75, 3.05) is 0 Å². The fourth-order valence-corrected chi connectivity index (χ4v) is 2.77. The molecule has 0 aliphatic heterocycles. The molecule has 2 amide bonds. The predicted molar refractivity (Wildman–Crippen MR) is 92.1 cm³/mol. The quantitative estimate of drug-likeness (QED) is 0.765. The van der Waals surface area contributed by atoms with E-state index in [2.05, 4.69) is 21.7 Å². The third-order valence-electron chi connectivity index (χ3n) is 3.90. The Labute approximate surface area is 136 Å². The second kappa shape index (κ2) is 7.31. The van der Waals surface area contributed by atoms with Gasteiger partial charge in [0.1, 0.15) is 6.04 Å². The van der Waals surface area contributed by atoms with Crippen LogP contribution in [-0.4, -0.2) is 28.9 Å². The summed E-state index contributed by atoms with van der Waals surface area (Å²) >= 11 is 0. The molecular weight excluding hydrogens is 290 g/mol. The van der Waals surface area contributed by atoms with Crippen LogP contribution in [-0.2, 0) is 16.0 Å². The maximum Gasteiger partial charge on any atom is 0.243 e. The van der Waals surface area contributed by atoms with E-state index in [4.69, 9.17) is 0 Å². The molecule has 0 saturated carbocycles. The molecule has 0 fully saturated rings. The van der Waals surface area contributed by atoms with Crippen LogP contribution in [0.1, 0.15) is 33.3 Å². The SMILES string of the molecule is CC(=O)N[C@H](C(=O)N[C@@H](C)Cc1c[nH]c2ccccc12)C(C)C. The van der Waals surface area contributed by atoms with Gasteiger partial charge in [-0.15, -0.1) is 0 Å². The first-order chi connectivity index (χ1) is 10.9. The summed E-state index contributed by atoms with van der Waals surface area (Å²) in [5, 5.41) is 6.89. The van der Waals surface area contributed by atoms with E-state index in [1.165, 1.54) is 17.9 Å². The van der Waals surface area contributed by atoms with Crippen LogP contribution in [0.25, 0.3) is 10.9 Å². The molecule has 2 atom stereocenters. The molecular formula is C18H25N3O2. The molecule has 0 spiro atoms. The van der Waals surface area contributed by atoms with Gasteiger partial charge in [0.15, 0.2) is 0 Å². The van der Waals surface area contributed by atoms with Gasteiger partial charge in [-0.05, 0) is 30.9 Å². The molecule has 2 aromatic rings. The second-order valence-electron chi connectivity index (χ2n) is 6.40. The number of nitrogens with one attached hydrogen (secondary N) is 3. The van der Waals surface area contributed by atoms with Crippen molar-refractivity contribution < 1.29 is 9.59 Å². The van der Waals surface area contributed by atoms with Crippen molar-refractivity contribution in [1.82, 2.24) is 15.6 Å². The molecule has 3 N–H and O–H groups in total. The summed E-state index contributed by atoms with van der Waals surface area (Å²) < 4.78 is 0. The Morgan fingerprint density at radius 1 is 1.13 bits per heavy atom. The van der Waals surface area contributed by atoms with Crippen LogP contribution >= 0.6 is 0 Å². The third kappa shape index (κ3) is 4.34. The van der Waals surface area contributed by atoms with Crippen molar-refractivity contribution in [1.29, 1.82) is 0 Å². The second-order valence-corrected chi connectivity index (χ2v) is 6.40. The minimum atomic E-state index is -0.502. The van der Waals surface area contributed by atoms with E-state index in [1.54, 1.807) is 0 Å². The number of carbonyl (C=O) groups is 2. The Morgan fingerprint density at radius 2 is 1.83 bits per heavy atom. The number of rotatable bonds is 6. The van der Waals surface area contributed by atoms with Gasteiger partial charge in [0.2, 0.25) is 11.8 Å². The molecule has 124 valence electrons. The minimum absolute atomic E-state index is 0.0169. The Morgan fingerprint density at radius 3 is 2.48 bits per heavy atom. The van der Waals surface area contributed by atoms with Crippen LogP contribution in [0.5, 0.6) is 0 Å². The number of carbonyl (C=O) groups excluding carboxylic acids is 2. The highest BCUT2D eigenvalue weighted by Gasteiger charge is 2.24. The van der Waals surface area contributed by atoms with Gasteiger partial charge in [-0.1, -0.05) is 32.0 Å². The number of hydrogen-bond acceptors (Lipinski definition) is 2. The Hall–Kier alpha value is -2.30. The Balaban J connectivity index is 2.02. The molecule has 0 unspecified atom stereocenters. The van der Waals surface area contributed by atoms with E-state index in [-0.39, 0.29) is 23.8 Å². The highest BCUT2D eigenvalue weighted by molar-refractivity contribution is 5.87. The standard InChI is InChI=1S/C18H25N3O2/c1-11(2)17(21-13(4)22)18(23)20-12(3)9-14-10-19-16-8-6-5-7-15(14)16/h5-8,10-12,17,19H,9H2,1-4H3,(H,20,23)(H,21,22)/t12-,17-/m0/s1. The average Bonchev–Trinajstić information content (AvgIpc) is 2.87. The number of amides is 2. The monoisotopic (exact) mass is 315 g/mol. The topological polar surface area (TPSA) is 74.0 Å². The first kappa shape index (κ1) is 17.1. The lowest BCUT2D eigenvalue weighted by Crippen LogP contribution is -2.51. The van der Waals surface area contributed by atoms with Gasteiger partial charge in [0.05, 0.1) is 0 Å². The smallest absolute Gasteiger partial charge is 0.243 e. The van der Waals surface area contributed by atoms with Crippen molar-refractivity contribution in [3.8, 4) is 0 Å². The van der Waals surface area contributed by atoms with Crippen molar-refractivity contribution in [2.45, 2.75) is 46.2 Å².